The van der Waals surface area contributed by atoms with Crippen LogP contribution >= 0.6 is 0 Å². The predicted octanol–water partition coefficient (Wildman–Crippen LogP) is 3.31. The van der Waals surface area contributed by atoms with Crippen molar-refractivity contribution in [2.24, 2.45) is 5.41 Å². The quantitative estimate of drug-likeness (QED) is 0.730. The van der Waals surface area contributed by atoms with E-state index >= 15 is 0 Å². The van der Waals surface area contributed by atoms with Crippen molar-refractivity contribution in [1.82, 2.24) is 9.88 Å². The zero-order valence-electron chi connectivity index (χ0n) is 18.5. The number of carbonyl (C=O) groups is 2. The van der Waals surface area contributed by atoms with E-state index in [4.69, 9.17) is 4.74 Å². The SMILES string of the molecule is CO[C@]12CCCCC[C@@]1(C)C(=O)c1c(O)c(=O)c(C(=O)NCc3ccc(F)cc3F)cn1C2. The molecule has 2 atom stereocenters. The van der Waals surface area contributed by atoms with Crippen molar-refractivity contribution in [1.29, 1.82) is 0 Å². The number of Topliss-reactive ketones (excluding diaryl/α,β-unsaturated/α-hetero) is 1. The zero-order valence-corrected chi connectivity index (χ0v) is 18.5. The highest BCUT2D eigenvalue weighted by Gasteiger charge is 2.58. The van der Waals surface area contributed by atoms with Gasteiger partial charge in [-0.25, -0.2) is 8.78 Å². The van der Waals surface area contributed by atoms with Gasteiger partial charge in [0.25, 0.3) is 5.91 Å². The van der Waals surface area contributed by atoms with E-state index in [0.29, 0.717) is 18.9 Å². The van der Waals surface area contributed by atoms with Crippen LogP contribution in [0.2, 0.25) is 0 Å². The van der Waals surface area contributed by atoms with Crippen LogP contribution in [0.1, 0.15) is 65.4 Å². The Balaban J connectivity index is 1.71. The molecule has 33 heavy (non-hydrogen) atoms. The molecule has 4 rings (SSSR count). The zero-order chi connectivity index (χ0) is 24.0. The van der Waals surface area contributed by atoms with Gasteiger partial charge in [-0.1, -0.05) is 25.3 Å². The first-order valence-electron chi connectivity index (χ1n) is 10.9. The van der Waals surface area contributed by atoms with Crippen LogP contribution in [0.15, 0.2) is 29.2 Å². The van der Waals surface area contributed by atoms with Crippen LogP contribution < -0.4 is 10.7 Å². The maximum absolute atomic E-state index is 13.9. The van der Waals surface area contributed by atoms with Crippen molar-refractivity contribution in [2.75, 3.05) is 7.11 Å². The summed E-state index contributed by atoms with van der Waals surface area (Å²) in [5.41, 5.74) is -3.19. The molecule has 1 aliphatic carbocycles. The van der Waals surface area contributed by atoms with Crippen LogP contribution in [0.5, 0.6) is 5.75 Å². The lowest BCUT2D eigenvalue weighted by molar-refractivity contribution is -0.112. The Kier molecular flexibility index (Phi) is 5.86. The minimum Gasteiger partial charge on any atom is -0.503 e. The maximum Gasteiger partial charge on any atom is 0.257 e. The van der Waals surface area contributed by atoms with Gasteiger partial charge in [0.15, 0.2) is 11.5 Å². The minimum absolute atomic E-state index is 0.0368. The average molecular weight is 460 g/mol. The van der Waals surface area contributed by atoms with E-state index in [1.807, 2.05) is 6.92 Å². The lowest BCUT2D eigenvalue weighted by Gasteiger charge is -2.50. The Hall–Kier alpha value is -3.07. The van der Waals surface area contributed by atoms with E-state index in [1.54, 1.807) is 7.11 Å². The number of benzene rings is 1. The van der Waals surface area contributed by atoms with Crippen molar-refractivity contribution in [2.45, 2.75) is 57.7 Å². The highest BCUT2D eigenvalue weighted by atomic mass is 19.1. The largest absolute Gasteiger partial charge is 0.503 e. The molecule has 2 heterocycles. The second kappa shape index (κ2) is 8.37. The number of amides is 1. The predicted molar refractivity (Wildman–Crippen MR) is 115 cm³/mol. The van der Waals surface area contributed by atoms with E-state index in [2.05, 4.69) is 5.32 Å². The van der Waals surface area contributed by atoms with E-state index in [-0.39, 0.29) is 35.7 Å². The number of nitrogens with zero attached hydrogens (tertiary/aromatic N) is 1. The Bertz CT molecular complexity index is 1190. The molecule has 1 fully saturated rings. The van der Waals surface area contributed by atoms with Crippen LogP contribution in [0.25, 0.3) is 0 Å². The Morgan fingerprint density at radius 1 is 1.21 bits per heavy atom. The van der Waals surface area contributed by atoms with Crippen LogP contribution in [0, 0.1) is 17.0 Å². The third-order valence-electron chi connectivity index (χ3n) is 7.25. The van der Waals surface area contributed by atoms with Gasteiger partial charge in [-0.15, -0.1) is 0 Å². The van der Waals surface area contributed by atoms with E-state index in [1.165, 1.54) is 16.8 Å². The summed E-state index contributed by atoms with van der Waals surface area (Å²) < 4.78 is 34.3. The van der Waals surface area contributed by atoms with Crippen LogP contribution in [-0.4, -0.2) is 34.1 Å². The lowest BCUT2D eigenvalue weighted by Crippen LogP contribution is -2.59. The van der Waals surface area contributed by atoms with Gasteiger partial charge in [-0.3, -0.25) is 14.4 Å². The number of pyridine rings is 1. The third kappa shape index (κ3) is 3.64. The minimum atomic E-state index is -0.978. The molecule has 176 valence electrons. The topological polar surface area (TPSA) is 97.6 Å². The molecule has 2 aliphatic rings. The van der Waals surface area contributed by atoms with Crippen molar-refractivity contribution in [3.8, 4) is 5.75 Å². The van der Waals surface area contributed by atoms with Crippen molar-refractivity contribution < 1.29 is 28.2 Å². The van der Waals surface area contributed by atoms with E-state index in [0.717, 1.165) is 25.3 Å². The summed E-state index contributed by atoms with van der Waals surface area (Å²) in [6.45, 7) is 1.73. The molecule has 2 aromatic rings. The summed E-state index contributed by atoms with van der Waals surface area (Å²) in [7, 11) is 1.55. The Morgan fingerprint density at radius 2 is 1.94 bits per heavy atom. The van der Waals surface area contributed by atoms with Gasteiger partial charge in [0.2, 0.25) is 5.43 Å². The van der Waals surface area contributed by atoms with E-state index < -0.39 is 39.7 Å². The number of ketones is 1. The van der Waals surface area contributed by atoms with E-state index in [9.17, 15) is 28.3 Å². The van der Waals surface area contributed by atoms with Gasteiger partial charge < -0.3 is 19.7 Å². The molecule has 1 saturated carbocycles. The molecule has 0 spiro atoms. The molecule has 0 bridgehead atoms. The highest BCUT2D eigenvalue weighted by Crippen LogP contribution is 2.51. The van der Waals surface area contributed by atoms with Crippen molar-refractivity contribution in [3.63, 3.8) is 0 Å². The van der Waals surface area contributed by atoms with Crippen LogP contribution in [0.3, 0.4) is 0 Å². The first-order chi connectivity index (χ1) is 15.6. The summed E-state index contributed by atoms with van der Waals surface area (Å²) in [4.78, 5) is 39.1. The van der Waals surface area contributed by atoms with Crippen LogP contribution in [0.4, 0.5) is 8.78 Å². The average Bonchev–Trinajstić information content (AvgIpc) is 2.95. The summed E-state index contributed by atoms with van der Waals surface area (Å²) in [6.07, 6.45) is 5.09. The number of methoxy groups -OCH3 is 1. The molecule has 1 amide bonds. The fourth-order valence-electron chi connectivity index (χ4n) is 5.18. The molecule has 7 nitrogen and oxygen atoms in total. The molecule has 1 aromatic carbocycles. The number of aromatic nitrogens is 1. The number of hydrogen-bond acceptors (Lipinski definition) is 5. The monoisotopic (exact) mass is 460 g/mol. The Morgan fingerprint density at radius 3 is 2.64 bits per heavy atom. The fraction of sp³-hybridized carbons (Fsp3) is 0.458. The van der Waals surface area contributed by atoms with Gasteiger partial charge in [0.1, 0.15) is 22.9 Å². The number of aromatic hydroxyl groups is 1. The number of carbonyl (C=O) groups excluding carboxylic acids is 2. The second-order valence-corrected chi connectivity index (χ2v) is 9.04. The molecular weight excluding hydrogens is 434 g/mol. The fourth-order valence-corrected chi connectivity index (χ4v) is 5.18. The highest BCUT2D eigenvalue weighted by molar-refractivity contribution is 6.04. The van der Waals surface area contributed by atoms with Crippen LogP contribution in [-0.2, 0) is 17.8 Å². The summed E-state index contributed by atoms with van der Waals surface area (Å²) >= 11 is 0. The summed E-state index contributed by atoms with van der Waals surface area (Å²) in [5, 5.41) is 13.1. The molecule has 0 saturated heterocycles. The smallest absolute Gasteiger partial charge is 0.257 e. The molecule has 2 N–H and O–H groups in total. The number of halogens is 2. The second-order valence-electron chi connectivity index (χ2n) is 9.04. The number of hydrogen-bond donors (Lipinski definition) is 2. The molecule has 0 radical (unpaired) electrons. The number of nitrogens with one attached hydrogen (secondary N) is 1. The number of fused-ring (bicyclic) bond motifs is 2. The number of rotatable bonds is 4. The van der Waals surface area contributed by atoms with Gasteiger partial charge in [-0.2, -0.15) is 0 Å². The number of ether oxygens (including phenoxy) is 1. The molecule has 1 aromatic heterocycles. The molecule has 9 heteroatoms. The standard InChI is InChI=1S/C24H26F2N2O5/c1-23-8-4-3-5-9-24(23,33-2)13-28-12-16(19(29)20(30)18(28)21(23)31)22(32)27-11-14-6-7-15(25)10-17(14)26/h6-7,10,12,30H,3-5,8-9,11,13H2,1-2H3,(H,27,32)/t23-,24-/m0/s1. The van der Waals surface area contributed by atoms with Gasteiger partial charge in [0, 0.05) is 31.5 Å². The molecule has 0 unspecified atom stereocenters. The van der Waals surface area contributed by atoms with Gasteiger partial charge in [-0.05, 0) is 25.8 Å². The lowest BCUT2D eigenvalue weighted by atomic mass is 9.64. The summed E-state index contributed by atoms with van der Waals surface area (Å²) in [5.74, 6) is -3.59. The van der Waals surface area contributed by atoms with Gasteiger partial charge >= 0.3 is 0 Å². The Labute approximate surface area is 189 Å². The van der Waals surface area contributed by atoms with Crippen molar-refractivity contribution >= 4 is 11.7 Å². The first-order valence-corrected chi connectivity index (χ1v) is 10.9. The van der Waals surface area contributed by atoms with Crippen molar-refractivity contribution in [3.05, 3.63) is 63.1 Å². The normalized spacial score (nSPS) is 24.5. The maximum atomic E-state index is 13.9. The third-order valence-corrected chi connectivity index (χ3v) is 7.25. The first kappa shape index (κ1) is 23.1. The summed E-state index contributed by atoms with van der Waals surface area (Å²) in [6, 6.07) is 2.94. The van der Waals surface area contributed by atoms with Gasteiger partial charge in [0.05, 0.1) is 17.6 Å². The molecular formula is C24H26F2N2O5. The molecule has 1 aliphatic heterocycles.